The van der Waals surface area contributed by atoms with Gasteiger partial charge in [-0.15, -0.1) is 0 Å². The first-order valence-corrected chi connectivity index (χ1v) is 7.16. The number of nitrogens with two attached hydrogens (primary N) is 1. The van der Waals surface area contributed by atoms with Crippen LogP contribution in [0.5, 0.6) is 11.5 Å². The first-order chi connectivity index (χ1) is 9.90. The van der Waals surface area contributed by atoms with E-state index in [-0.39, 0.29) is 17.5 Å². The van der Waals surface area contributed by atoms with E-state index in [0.29, 0.717) is 15.8 Å². The Morgan fingerprint density at radius 1 is 1.33 bits per heavy atom. The number of halogens is 1. The molecule has 1 atom stereocenters. The van der Waals surface area contributed by atoms with Crippen LogP contribution in [0.2, 0.25) is 0 Å². The van der Waals surface area contributed by atoms with E-state index in [0.717, 1.165) is 5.56 Å². The first-order valence-electron chi connectivity index (χ1n) is 6.37. The minimum atomic E-state index is -0.452. The van der Waals surface area contributed by atoms with E-state index in [2.05, 4.69) is 15.9 Å². The van der Waals surface area contributed by atoms with Crippen molar-refractivity contribution in [2.24, 2.45) is 5.73 Å². The van der Waals surface area contributed by atoms with Gasteiger partial charge in [0, 0.05) is 12.1 Å². The van der Waals surface area contributed by atoms with Gasteiger partial charge in [-0.3, -0.25) is 10.1 Å². The number of hydrogen-bond acceptors (Lipinski definition) is 4. The van der Waals surface area contributed by atoms with E-state index in [4.69, 9.17) is 10.5 Å². The summed E-state index contributed by atoms with van der Waals surface area (Å²) >= 11 is 3.41. The largest absolute Gasteiger partial charge is 0.449 e. The van der Waals surface area contributed by atoms with Gasteiger partial charge in [0.2, 0.25) is 5.75 Å². The summed E-state index contributed by atoms with van der Waals surface area (Å²) in [6.45, 7) is 3.65. The summed E-state index contributed by atoms with van der Waals surface area (Å²) < 4.78 is 6.44. The topological polar surface area (TPSA) is 78.4 Å². The molecule has 2 N–H and O–H groups in total. The zero-order valence-corrected chi connectivity index (χ0v) is 13.3. The average Bonchev–Trinajstić information content (AvgIpc) is 2.42. The van der Waals surface area contributed by atoms with Gasteiger partial charge in [-0.05, 0) is 53.0 Å². The molecular weight excluding hydrogens is 336 g/mol. The number of benzene rings is 2. The zero-order chi connectivity index (χ0) is 15.6. The fourth-order valence-electron chi connectivity index (χ4n) is 1.91. The highest BCUT2D eigenvalue weighted by Gasteiger charge is 2.19. The number of nitrogens with zero attached hydrogens (tertiary/aromatic N) is 1. The van der Waals surface area contributed by atoms with E-state index in [1.54, 1.807) is 25.1 Å². The Bertz CT molecular complexity index is 687. The lowest BCUT2D eigenvalue weighted by Crippen LogP contribution is -2.04. The maximum absolute atomic E-state index is 11.1. The van der Waals surface area contributed by atoms with E-state index in [9.17, 15) is 10.1 Å². The Hall–Kier alpha value is -1.92. The Labute approximate surface area is 131 Å². The quantitative estimate of drug-likeness (QED) is 0.651. The standard InChI is InChI=1S/C15H15BrN2O3/c1-9-4-3-5-13(18(19)20)15(9)21-14-7-6-11(10(2)17)8-12(14)16/h3-8,10H,17H2,1-2H3/t10-/m1/s1. The fraction of sp³-hybridized carbons (Fsp3) is 0.200. The molecule has 0 aliphatic rings. The van der Waals surface area contributed by atoms with Crippen molar-refractivity contribution in [3.8, 4) is 11.5 Å². The van der Waals surface area contributed by atoms with Gasteiger partial charge < -0.3 is 10.5 Å². The Balaban J connectivity index is 2.41. The lowest BCUT2D eigenvalue weighted by Gasteiger charge is -2.12. The van der Waals surface area contributed by atoms with Crippen molar-refractivity contribution in [2.75, 3.05) is 0 Å². The predicted molar refractivity (Wildman–Crippen MR) is 84.7 cm³/mol. The molecular formula is C15H15BrN2O3. The predicted octanol–water partition coefficient (Wildman–Crippen LogP) is 4.48. The summed E-state index contributed by atoms with van der Waals surface area (Å²) in [7, 11) is 0. The lowest BCUT2D eigenvalue weighted by molar-refractivity contribution is -0.385. The molecule has 5 nitrogen and oxygen atoms in total. The Kier molecular flexibility index (Phi) is 4.59. The highest BCUT2D eigenvalue weighted by molar-refractivity contribution is 9.10. The smallest absolute Gasteiger partial charge is 0.311 e. The molecule has 110 valence electrons. The molecule has 0 amide bonds. The molecule has 0 fully saturated rings. The van der Waals surface area contributed by atoms with Crippen LogP contribution in [0.4, 0.5) is 5.69 Å². The van der Waals surface area contributed by atoms with Gasteiger partial charge in [0.1, 0.15) is 5.75 Å². The molecule has 0 aromatic heterocycles. The van der Waals surface area contributed by atoms with Crippen molar-refractivity contribution in [1.29, 1.82) is 0 Å². The first kappa shape index (κ1) is 15.5. The molecule has 2 aromatic rings. The number of ether oxygens (including phenoxy) is 1. The van der Waals surface area contributed by atoms with E-state index in [1.807, 2.05) is 19.1 Å². The fourth-order valence-corrected chi connectivity index (χ4v) is 2.38. The minimum Gasteiger partial charge on any atom is -0.449 e. The van der Waals surface area contributed by atoms with Gasteiger partial charge >= 0.3 is 5.69 Å². The molecule has 0 unspecified atom stereocenters. The van der Waals surface area contributed by atoms with Crippen molar-refractivity contribution in [3.05, 3.63) is 62.1 Å². The third kappa shape index (κ3) is 3.40. The molecule has 0 radical (unpaired) electrons. The van der Waals surface area contributed by atoms with Crippen LogP contribution in [-0.4, -0.2) is 4.92 Å². The average molecular weight is 351 g/mol. The third-order valence-electron chi connectivity index (χ3n) is 3.08. The van der Waals surface area contributed by atoms with Crippen LogP contribution in [0.1, 0.15) is 24.1 Å². The molecule has 0 spiro atoms. The summed E-state index contributed by atoms with van der Waals surface area (Å²) in [6, 6.07) is 10.2. The van der Waals surface area contributed by atoms with Gasteiger partial charge in [-0.25, -0.2) is 0 Å². The molecule has 0 aliphatic heterocycles. The second-order valence-electron chi connectivity index (χ2n) is 4.76. The molecule has 2 rings (SSSR count). The van der Waals surface area contributed by atoms with Gasteiger partial charge in [-0.1, -0.05) is 18.2 Å². The summed E-state index contributed by atoms with van der Waals surface area (Å²) in [5.41, 5.74) is 7.42. The molecule has 0 heterocycles. The van der Waals surface area contributed by atoms with E-state index in [1.165, 1.54) is 6.07 Å². The van der Waals surface area contributed by atoms with Crippen molar-refractivity contribution in [1.82, 2.24) is 0 Å². The monoisotopic (exact) mass is 350 g/mol. The number of aryl methyl sites for hydroxylation is 1. The summed E-state index contributed by atoms with van der Waals surface area (Å²) in [5.74, 6) is 0.758. The lowest BCUT2D eigenvalue weighted by atomic mass is 10.1. The van der Waals surface area contributed by atoms with Crippen LogP contribution < -0.4 is 10.5 Å². The maximum Gasteiger partial charge on any atom is 0.311 e. The number of rotatable bonds is 4. The number of hydrogen-bond donors (Lipinski definition) is 1. The highest BCUT2D eigenvalue weighted by atomic mass is 79.9. The number of nitro groups is 1. The van der Waals surface area contributed by atoms with Crippen LogP contribution >= 0.6 is 15.9 Å². The molecule has 0 saturated carbocycles. The van der Waals surface area contributed by atoms with Gasteiger partial charge in [0.05, 0.1) is 9.40 Å². The van der Waals surface area contributed by atoms with Crippen molar-refractivity contribution >= 4 is 21.6 Å². The van der Waals surface area contributed by atoms with Gasteiger partial charge in [-0.2, -0.15) is 0 Å². The van der Waals surface area contributed by atoms with E-state index >= 15 is 0 Å². The summed E-state index contributed by atoms with van der Waals surface area (Å²) in [4.78, 5) is 10.6. The Morgan fingerprint density at radius 3 is 2.62 bits per heavy atom. The zero-order valence-electron chi connectivity index (χ0n) is 11.7. The third-order valence-corrected chi connectivity index (χ3v) is 3.70. The summed E-state index contributed by atoms with van der Waals surface area (Å²) in [6.07, 6.45) is 0. The molecule has 0 saturated heterocycles. The molecule has 0 aliphatic carbocycles. The Morgan fingerprint density at radius 2 is 2.05 bits per heavy atom. The van der Waals surface area contributed by atoms with Crippen molar-refractivity contribution < 1.29 is 9.66 Å². The second kappa shape index (κ2) is 6.24. The normalized spacial score (nSPS) is 12.0. The minimum absolute atomic E-state index is 0.0573. The maximum atomic E-state index is 11.1. The van der Waals surface area contributed by atoms with Gasteiger partial charge in [0.15, 0.2) is 0 Å². The van der Waals surface area contributed by atoms with Crippen molar-refractivity contribution in [3.63, 3.8) is 0 Å². The SMILES string of the molecule is Cc1cccc([N+](=O)[O-])c1Oc1ccc([C@@H](C)N)cc1Br. The van der Waals surface area contributed by atoms with Crippen LogP contribution in [0, 0.1) is 17.0 Å². The second-order valence-corrected chi connectivity index (χ2v) is 5.62. The summed E-state index contributed by atoms with van der Waals surface area (Å²) in [5, 5.41) is 11.1. The van der Waals surface area contributed by atoms with Gasteiger partial charge in [0.25, 0.3) is 0 Å². The van der Waals surface area contributed by atoms with E-state index < -0.39 is 4.92 Å². The molecule has 0 bridgehead atoms. The van der Waals surface area contributed by atoms with Crippen molar-refractivity contribution in [2.45, 2.75) is 19.9 Å². The number of nitro benzene ring substituents is 1. The van der Waals surface area contributed by atoms with Crippen LogP contribution in [0.3, 0.4) is 0 Å². The molecule has 2 aromatic carbocycles. The molecule has 21 heavy (non-hydrogen) atoms. The highest BCUT2D eigenvalue weighted by Crippen LogP contribution is 2.37. The molecule has 6 heteroatoms. The van der Waals surface area contributed by atoms with Crippen LogP contribution in [0.15, 0.2) is 40.9 Å². The number of para-hydroxylation sites is 1. The van der Waals surface area contributed by atoms with Crippen LogP contribution in [-0.2, 0) is 0 Å². The van der Waals surface area contributed by atoms with Crippen LogP contribution in [0.25, 0.3) is 0 Å².